The predicted molar refractivity (Wildman–Crippen MR) is 306 cm³/mol. The largest absolute Gasteiger partial charge is 0.504 e. The van der Waals surface area contributed by atoms with E-state index in [2.05, 4.69) is 84.3 Å². The van der Waals surface area contributed by atoms with Crippen molar-refractivity contribution in [1.82, 2.24) is 35.8 Å². The van der Waals surface area contributed by atoms with Crippen molar-refractivity contribution in [1.29, 1.82) is 0 Å². The molecule has 12 unspecified atom stereocenters. The Balaban J connectivity index is 0.939. The van der Waals surface area contributed by atoms with Crippen LogP contribution in [0.4, 0.5) is 0 Å². The van der Waals surface area contributed by atoms with Gasteiger partial charge in [0.25, 0.3) is 0 Å². The first kappa shape index (κ1) is 54.0. The number of aliphatic hydroxyl groups is 1. The van der Waals surface area contributed by atoms with Gasteiger partial charge in [-0.05, 0) is 116 Å². The number of aliphatic imine (C=N–C) groups is 1. The number of hydrogen-bond acceptors (Lipinski definition) is 14. The number of nitrogens with one attached hydrogen (secondary N) is 5. The number of nitrogens with two attached hydrogens (primary N) is 1. The van der Waals surface area contributed by atoms with Crippen molar-refractivity contribution in [2.24, 2.45) is 40.3 Å². The van der Waals surface area contributed by atoms with E-state index in [4.69, 9.17) is 29.7 Å². The molecule has 426 valence electrons. The van der Waals surface area contributed by atoms with Gasteiger partial charge in [0.05, 0.1) is 47.5 Å². The van der Waals surface area contributed by atoms with Crippen LogP contribution in [0.5, 0.6) is 28.7 Å². The summed E-state index contributed by atoms with van der Waals surface area (Å²) >= 11 is 0. The highest BCUT2D eigenvalue weighted by Crippen LogP contribution is 2.51. The highest BCUT2D eigenvalue weighted by molar-refractivity contribution is 5.83. The molecule has 2 bridgehead atoms. The summed E-state index contributed by atoms with van der Waals surface area (Å²) in [5.41, 5.74) is 9.74. The molecule has 4 fully saturated rings. The van der Waals surface area contributed by atoms with Crippen LogP contribution in [0.1, 0.15) is 107 Å². The van der Waals surface area contributed by atoms with E-state index in [1.54, 1.807) is 24.5 Å². The minimum Gasteiger partial charge on any atom is -0.504 e. The lowest BCUT2D eigenvalue weighted by atomic mass is 9.61. The molecule has 2 saturated heterocycles. The molecule has 18 heteroatoms. The second kappa shape index (κ2) is 23.5. The SMILES string of the molecule is CC(=O)OC1CC(c2cc(O)c(O)c(OCCc3cccnc3)c2)OC2C1C=CC1C#CC3C(CCCC34NC(=NCCCC3=CCNC(N)=C3)NC(n3cc5cc[nH]c5c3)C4C(O)NC3CCCCC3)Oc3cc(ccc3O)CC12. The Kier molecular flexibility index (Phi) is 15.7. The zero-order valence-corrected chi connectivity index (χ0v) is 45.8. The molecule has 12 rings (SSSR count). The lowest BCUT2D eigenvalue weighted by molar-refractivity contribution is -0.179. The first-order valence-corrected chi connectivity index (χ1v) is 29.1. The van der Waals surface area contributed by atoms with Gasteiger partial charge >= 0.3 is 5.97 Å². The van der Waals surface area contributed by atoms with Crippen molar-refractivity contribution in [3.05, 3.63) is 132 Å². The van der Waals surface area contributed by atoms with Crippen molar-refractivity contribution in [2.75, 3.05) is 19.7 Å². The number of aromatic hydroxyl groups is 3. The topological polar surface area (TPSA) is 255 Å². The third-order valence-corrected chi connectivity index (χ3v) is 17.9. The van der Waals surface area contributed by atoms with Crippen molar-refractivity contribution in [2.45, 2.75) is 139 Å². The van der Waals surface area contributed by atoms with E-state index in [0.29, 0.717) is 61.9 Å². The first-order chi connectivity index (χ1) is 39.4. The molecule has 0 radical (unpaired) electrons. The van der Waals surface area contributed by atoms with Gasteiger partial charge in [0.2, 0.25) is 5.75 Å². The van der Waals surface area contributed by atoms with E-state index < -0.39 is 60.2 Å². The fraction of sp³-hybridized carbons (Fsp3) is 0.476. The molecule has 3 aromatic heterocycles. The standard InChI is InChI=1S/C63H75N9O9/c1-37(73)79-53-33-52(43-31-50(75)58(76)55(32-43)78-27-21-39-9-6-23-65-34-39)81-59-45(53)16-14-41-15-17-47-51(80-54-29-40(28-46(41)59)13-18-49(54)74)12-5-22-63(47)57(61(77)69-44-10-3-2-4-11-44)60(72-35-42-20-26-66-48(42)36-72)70-62(71-63)68-24-7-8-38-19-25-67-56(64)30-38/h6,9,13-14,16,18-20,23,26,29-32,34-36,41,44-47,51-53,57,59-61,66-67,69,74-77H,2-5,7-8,10-12,21-22,24-25,27-28,33,64H2,1H3,(H2,68,70,71). The molecule has 4 aliphatic heterocycles. The molecular weight excluding hydrogens is 1030 g/mol. The third kappa shape index (κ3) is 11.5. The molecule has 7 aliphatic rings. The number of ether oxygens (including phenoxy) is 4. The van der Waals surface area contributed by atoms with Crippen molar-refractivity contribution < 1.29 is 44.2 Å². The Labute approximate surface area is 472 Å². The van der Waals surface area contributed by atoms with Gasteiger partial charge in [0.15, 0.2) is 29.0 Å². The molecular formula is C63H75N9O9. The lowest BCUT2D eigenvalue weighted by Crippen LogP contribution is -2.75. The number of carbonyl (C=O) groups excluding carboxylic acids is 1. The summed E-state index contributed by atoms with van der Waals surface area (Å²) in [6, 6.07) is 14.7. The number of aliphatic hydroxyl groups excluding tert-OH is 1. The molecule has 3 aliphatic carbocycles. The maximum atomic E-state index is 13.1. The van der Waals surface area contributed by atoms with Crippen LogP contribution in [-0.2, 0) is 27.1 Å². The number of allylic oxidation sites excluding steroid dienone is 3. The maximum Gasteiger partial charge on any atom is 0.302 e. The summed E-state index contributed by atoms with van der Waals surface area (Å²) in [5.74, 6) is 6.11. The van der Waals surface area contributed by atoms with Gasteiger partial charge in [-0.2, -0.15) is 0 Å². The van der Waals surface area contributed by atoms with Crippen LogP contribution in [0.2, 0.25) is 0 Å². The smallest absolute Gasteiger partial charge is 0.302 e. The van der Waals surface area contributed by atoms with Gasteiger partial charge in [-0.15, -0.1) is 0 Å². The van der Waals surface area contributed by atoms with Gasteiger partial charge in [-0.3, -0.25) is 20.1 Å². The van der Waals surface area contributed by atoms with Gasteiger partial charge in [-0.1, -0.05) is 61.5 Å². The normalized spacial score (nSPS) is 29.8. The minimum absolute atomic E-state index is 0.00798. The summed E-state index contributed by atoms with van der Waals surface area (Å²) in [6.07, 6.45) is 24.2. The summed E-state index contributed by atoms with van der Waals surface area (Å²) < 4.78 is 28.8. The summed E-state index contributed by atoms with van der Waals surface area (Å²) in [6.45, 7) is 2.83. The number of H-pyrrole nitrogens is 1. The number of phenols is 3. The van der Waals surface area contributed by atoms with Crippen LogP contribution < -0.4 is 36.5 Å². The number of hydrogen-bond donors (Lipinski definition) is 10. The second-order valence-electron chi connectivity index (χ2n) is 23.2. The number of phenolic OH excluding ortho intramolecular Hbond substituents is 3. The van der Waals surface area contributed by atoms with Gasteiger partial charge < -0.3 is 70.6 Å². The predicted octanol–water partition coefficient (Wildman–Crippen LogP) is 7.54. The van der Waals surface area contributed by atoms with Gasteiger partial charge in [0.1, 0.15) is 24.6 Å². The fourth-order valence-electron chi connectivity index (χ4n) is 14.0. The number of esters is 1. The Morgan fingerprint density at radius 3 is 2.75 bits per heavy atom. The minimum atomic E-state index is -1.000. The number of nitrogens with zero attached hydrogens (tertiary/aromatic N) is 3. The van der Waals surface area contributed by atoms with Crippen molar-refractivity contribution >= 4 is 22.8 Å². The third-order valence-electron chi connectivity index (χ3n) is 17.9. The molecule has 7 heterocycles. The number of aromatic amines is 1. The Morgan fingerprint density at radius 1 is 1.04 bits per heavy atom. The average molecular weight is 1100 g/mol. The number of aromatic nitrogens is 3. The molecule has 2 aromatic carbocycles. The Bertz CT molecular complexity index is 3240. The number of guanidine groups is 1. The highest BCUT2D eigenvalue weighted by Gasteiger charge is 2.59. The van der Waals surface area contributed by atoms with Crippen LogP contribution >= 0.6 is 0 Å². The molecule has 2 saturated carbocycles. The summed E-state index contributed by atoms with van der Waals surface area (Å²) in [4.78, 5) is 25.8. The highest BCUT2D eigenvalue weighted by atomic mass is 16.6. The quantitative estimate of drug-likeness (QED) is 0.0129. The molecule has 18 nitrogen and oxygen atoms in total. The van der Waals surface area contributed by atoms with Crippen molar-refractivity contribution in [3.8, 4) is 40.6 Å². The molecule has 1 spiro atoms. The van der Waals surface area contributed by atoms with E-state index in [1.165, 1.54) is 25.0 Å². The van der Waals surface area contributed by atoms with E-state index in [1.807, 2.05) is 36.5 Å². The van der Waals surface area contributed by atoms with Crippen LogP contribution in [0, 0.1) is 41.4 Å². The van der Waals surface area contributed by atoms with Gasteiger partial charge in [-0.25, -0.2) is 0 Å². The van der Waals surface area contributed by atoms with E-state index in [0.717, 1.165) is 67.0 Å². The van der Waals surface area contributed by atoms with Crippen molar-refractivity contribution in [3.63, 3.8) is 0 Å². The average Bonchev–Trinajstić information content (AvgIpc) is 4.16. The number of carbonyl (C=O) groups is 1. The zero-order valence-electron chi connectivity index (χ0n) is 45.8. The summed E-state index contributed by atoms with van der Waals surface area (Å²) in [7, 11) is 0. The van der Waals surface area contributed by atoms with E-state index >= 15 is 0 Å². The number of dihydropyridines is 1. The second-order valence-corrected chi connectivity index (χ2v) is 23.2. The number of benzene rings is 2. The lowest BCUT2D eigenvalue weighted by Gasteiger charge is -2.57. The fourth-order valence-corrected chi connectivity index (χ4v) is 14.0. The number of rotatable bonds is 14. The van der Waals surface area contributed by atoms with Gasteiger partial charge in [0, 0.05) is 93.0 Å². The number of fused-ring (bicyclic) bond motifs is 8. The van der Waals surface area contributed by atoms with E-state index in [-0.39, 0.29) is 59.8 Å². The summed E-state index contributed by atoms with van der Waals surface area (Å²) in [5, 5.41) is 62.9. The maximum absolute atomic E-state index is 13.1. The Hall–Kier alpha value is -7.59. The van der Waals surface area contributed by atoms with Crippen LogP contribution in [0.25, 0.3) is 10.9 Å². The number of pyridine rings is 1. The molecule has 12 atom stereocenters. The van der Waals surface area contributed by atoms with Crippen LogP contribution in [0.15, 0.2) is 120 Å². The van der Waals surface area contributed by atoms with E-state index in [9.17, 15) is 25.2 Å². The molecule has 5 aromatic rings. The molecule has 0 amide bonds. The van der Waals surface area contributed by atoms with Crippen LogP contribution in [-0.4, -0.2) is 103 Å². The van der Waals surface area contributed by atoms with Crippen LogP contribution in [0.3, 0.4) is 0 Å². The Morgan fingerprint density at radius 2 is 1.93 bits per heavy atom. The zero-order chi connectivity index (χ0) is 55.6. The molecule has 11 N–H and O–H groups in total. The monoisotopic (exact) mass is 1100 g/mol. The first-order valence-electron chi connectivity index (χ1n) is 29.1. The molecule has 81 heavy (non-hydrogen) atoms.